The highest BCUT2D eigenvalue weighted by molar-refractivity contribution is 14.0. The number of benzene rings is 1. The van der Waals surface area contributed by atoms with Gasteiger partial charge in [-0.1, -0.05) is 0 Å². The average Bonchev–Trinajstić information content (AvgIpc) is 3.26. The number of hydrogen-bond donors (Lipinski definition) is 1. The molecule has 7 nitrogen and oxygen atoms in total. The molecule has 1 N–H and O–H groups in total. The molecule has 0 saturated carbocycles. The Bertz CT molecular complexity index is 782. The van der Waals surface area contributed by atoms with Crippen LogP contribution < -0.4 is 19.5 Å². The van der Waals surface area contributed by atoms with Crippen LogP contribution in [0.15, 0.2) is 47.7 Å². The van der Waals surface area contributed by atoms with E-state index in [9.17, 15) is 0 Å². The summed E-state index contributed by atoms with van der Waals surface area (Å²) in [6, 6.07) is 9.87. The van der Waals surface area contributed by atoms with Gasteiger partial charge in [-0.15, -0.1) is 24.0 Å². The summed E-state index contributed by atoms with van der Waals surface area (Å²) in [5, 5.41) is 3.40. The second-order valence-electron chi connectivity index (χ2n) is 6.85. The second-order valence-corrected chi connectivity index (χ2v) is 6.85. The zero-order valence-electron chi connectivity index (χ0n) is 17.8. The molecule has 164 valence electrons. The first-order chi connectivity index (χ1) is 14.2. The monoisotopic (exact) mass is 526 g/mol. The molecule has 2 aromatic rings. The van der Waals surface area contributed by atoms with Gasteiger partial charge < -0.3 is 24.4 Å². The summed E-state index contributed by atoms with van der Waals surface area (Å²) in [5.41, 5.74) is 1.24. The van der Waals surface area contributed by atoms with Gasteiger partial charge in [0.25, 0.3) is 0 Å². The summed E-state index contributed by atoms with van der Waals surface area (Å²) in [5.74, 6) is 3.76. The minimum atomic E-state index is 0. The number of rotatable bonds is 8. The maximum absolute atomic E-state index is 5.70. The van der Waals surface area contributed by atoms with Crippen molar-refractivity contribution < 1.29 is 14.2 Å². The molecule has 1 atom stereocenters. The van der Waals surface area contributed by atoms with Crippen molar-refractivity contribution in [1.82, 2.24) is 15.2 Å². The molecule has 30 heavy (non-hydrogen) atoms. The molecular formula is C22H31IN4O3. The Hall–Kier alpha value is -2.23. The molecule has 0 aliphatic carbocycles. The van der Waals surface area contributed by atoms with Crippen molar-refractivity contribution in [3.05, 3.63) is 48.3 Å². The van der Waals surface area contributed by atoms with E-state index in [1.807, 2.05) is 18.2 Å². The molecule has 8 heteroatoms. The van der Waals surface area contributed by atoms with E-state index >= 15 is 0 Å². The Morgan fingerprint density at radius 1 is 1.20 bits per heavy atom. The van der Waals surface area contributed by atoms with Crippen LogP contribution >= 0.6 is 24.0 Å². The number of methoxy groups -OCH3 is 2. The average molecular weight is 526 g/mol. The minimum absolute atomic E-state index is 0. The number of hydrogen-bond acceptors (Lipinski definition) is 5. The van der Waals surface area contributed by atoms with Crippen molar-refractivity contribution in [2.75, 3.05) is 47.0 Å². The second kappa shape index (κ2) is 12.5. The van der Waals surface area contributed by atoms with Crippen molar-refractivity contribution in [1.29, 1.82) is 0 Å². The largest absolute Gasteiger partial charge is 0.497 e. The molecule has 1 saturated heterocycles. The summed E-state index contributed by atoms with van der Waals surface area (Å²) in [6.45, 7) is 5.89. The van der Waals surface area contributed by atoms with Crippen molar-refractivity contribution >= 4 is 29.9 Å². The summed E-state index contributed by atoms with van der Waals surface area (Å²) in [4.78, 5) is 11.1. The summed E-state index contributed by atoms with van der Waals surface area (Å²) < 4.78 is 16.5. The molecule has 1 unspecified atom stereocenters. The highest BCUT2D eigenvalue weighted by Gasteiger charge is 2.26. The van der Waals surface area contributed by atoms with E-state index in [4.69, 9.17) is 19.2 Å². The third-order valence-corrected chi connectivity index (χ3v) is 4.92. The van der Waals surface area contributed by atoms with Crippen LogP contribution in [0.2, 0.25) is 0 Å². The number of aromatic nitrogens is 1. The van der Waals surface area contributed by atoms with E-state index in [-0.39, 0.29) is 24.0 Å². The zero-order valence-corrected chi connectivity index (χ0v) is 20.2. The normalized spacial score (nSPS) is 16.0. The number of pyridine rings is 1. The molecule has 0 bridgehead atoms. The van der Waals surface area contributed by atoms with E-state index < -0.39 is 0 Å². The van der Waals surface area contributed by atoms with Crippen LogP contribution in [0, 0.1) is 0 Å². The van der Waals surface area contributed by atoms with Crippen LogP contribution in [0.3, 0.4) is 0 Å². The van der Waals surface area contributed by atoms with Crippen LogP contribution in [0.1, 0.15) is 24.8 Å². The van der Waals surface area contributed by atoms with E-state index in [0.29, 0.717) is 19.1 Å². The van der Waals surface area contributed by atoms with Gasteiger partial charge in [0, 0.05) is 37.8 Å². The SMILES string of the molecule is CCNC(=NCCOc1cccnc1)N1CCC(c2cc(OC)cc(OC)c2)C1.I. The van der Waals surface area contributed by atoms with Gasteiger partial charge >= 0.3 is 0 Å². The minimum Gasteiger partial charge on any atom is -0.497 e. The molecule has 1 aromatic carbocycles. The van der Waals surface area contributed by atoms with Gasteiger partial charge in [-0.3, -0.25) is 4.98 Å². The Kier molecular flexibility index (Phi) is 9.99. The molecule has 3 rings (SSSR count). The van der Waals surface area contributed by atoms with Crippen molar-refractivity contribution in [3.63, 3.8) is 0 Å². The lowest BCUT2D eigenvalue weighted by Gasteiger charge is -2.22. The number of halogens is 1. The fraction of sp³-hybridized carbons (Fsp3) is 0.455. The third-order valence-electron chi connectivity index (χ3n) is 4.92. The summed E-state index contributed by atoms with van der Waals surface area (Å²) in [7, 11) is 3.37. The quantitative estimate of drug-likeness (QED) is 0.246. The molecule has 1 fully saturated rings. The first-order valence-electron chi connectivity index (χ1n) is 10.0. The fourth-order valence-corrected chi connectivity index (χ4v) is 3.46. The Morgan fingerprint density at radius 2 is 1.97 bits per heavy atom. The predicted octanol–water partition coefficient (Wildman–Crippen LogP) is 3.55. The maximum atomic E-state index is 5.70. The van der Waals surface area contributed by atoms with E-state index in [2.05, 4.69) is 34.3 Å². The molecule has 0 spiro atoms. The number of aliphatic imine (C=N–C) groups is 1. The van der Waals surface area contributed by atoms with Crippen molar-refractivity contribution in [2.24, 2.45) is 4.99 Å². The van der Waals surface area contributed by atoms with Crippen molar-refractivity contribution in [2.45, 2.75) is 19.3 Å². The molecule has 2 heterocycles. The van der Waals surface area contributed by atoms with Gasteiger partial charge in [0.1, 0.15) is 23.9 Å². The Labute approximate surface area is 195 Å². The molecule has 1 aromatic heterocycles. The van der Waals surface area contributed by atoms with Gasteiger partial charge in [-0.05, 0) is 43.2 Å². The Balaban J connectivity index is 0.00000320. The molecule has 1 aliphatic heterocycles. The zero-order chi connectivity index (χ0) is 20.5. The number of guanidine groups is 1. The lowest BCUT2D eigenvalue weighted by molar-refractivity contribution is 0.326. The topological polar surface area (TPSA) is 68.2 Å². The van der Waals surface area contributed by atoms with Crippen LogP contribution in [0.4, 0.5) is 0 Å². The van der Waals surface area contributed by atoms with Crippen LogP contribution in [0.5, 0.6) is 17.2 Å². The number of nitrogens with zero attached hydrogens (tertiary/aromatic N) is 3. The van der Waals surface area contributed by atoms with E-state index in [1.165, 1.54) is 5.56 Å². The maximum Gasteiger partial charge on any atom is 0.194 e. The number of ether oxygens (including phenoxy) is 3. The van der Waals surface area contributed by atoms with E-state index in [1.54, 1.807) is 26.6 Å². The van der Waals surface area contributed by atoms with Crippen LogP contribution in [0.25, 0.3) is 0 Å². The first-order valence-corrected chi connectivity index (χ1v) is 10.0. The summed E-state index contributed by atoms with van der Waals surface area (Å²) >= 11 is 0. The van der Waals surface area contributed by atoms with Crippen molar-refractivity contribution in [3.8, 4) is 17.2 Å². The first kappa shape index (κ1) is 24.0. The van der Waals surface area contributed by atoms with Gasteiger partial charge in [0.2, 0.25) is 0 Å². The number of likely N-dealkylation sites (tertiary alicyclic amines) is 1. The highest BCUT2D eigenvalue weighted by atomic mass is 127. The van der Waals surface area contributed by atoms with Gasteiger partial charge in [-0.2, -0.15) is 0 Å². The Morgan fingerprint density at radius 3 is 2.60 bits per heavy atom. The smallest absolute Gasteiger partial charge is 0.194 e. The lowest BCUT2D eigenvalue weighted by atomic mass is 9.98. The van der Waals surface area contributed by atoms with Gasteiger partial charge in [0.15, 0.2) is 5.96 Å². The summed E-state index contributed by atoms with van der Waals surface area (Å²) in [6.07, 6.45) is 4.51. The number of nitrogens with one attached hydrogen (secondary N) is 1. The molecular weight excluding hydrogens is 495 g/mol. The predicted molar refractivity (Wildman–Crippen MR) is 130 cm³/mol. The fourth-order valence-electron chi connectivity index (χ4n) is 3.46. The van der Waals surface area contributed by atoms with Gasteiger partial charge in [0.05, 0.1) is 27.0 Å². The molecule has 1 aliphatic rings. The third kappa shape index (κ3) is 6.65. The molecule has 0 radical (unpaired) electrons. The molecule has 0 amide bonds. The van der Waals surface area contributed by atoms with E-state index in [0.717, 1.165) is 49.3 Å². The van der Waals surface area contributed by atoms with Gasteiger partial charge in [-0.25, -0.2) is 4.99 Å². The van der Waals surface area contributed by atoms with Crippen LogP contribution in [-0.2, 0) is 0 Å². The van der Waals surface area contributed by atoms with Crippen LogP contribution in [-0.4, -0.2) is 62.8 Å². The highest BCUT2D eigenvalue weighted by Crippen LogP contribution is 2.32. The standard InChI is InChI=1S/C22H30N4O3.HI/c1-4-24-22(25-9-11-29-19-6-5-8-23-15-19)26-10-7-17(16-26)18-12-20(27-2)14-21(13-18)28-3;/h5-6,8,12-15,17H,4,7,9-11,16H2,1-3H3,(H,24,25);1H. The lowest BCUT2D eigenvalue weighted by Crippen LogP contribution is -2.40.